The Labute approximate surface area is 206 Å². The number of nitrogens with one attached hydrogen (secondary N) is 4. The Kier molecular flexibility index (Phi) is 9.13. The molecule has 35 heavy (non-hydrogen) atoms. The van der Waals surface area contributed by atoms with E-state index in [9.17, 15) is 19.5 Å². The number of aromatic nitrogens is 1. The van der Waals surface area contributed by atoms with Crippen LogP contribution in [-0.4, -0.2) is 45.1 Å². The fraction of sp³-hybridized carbons (Fsp3) is 0.167. The molecule has 6 N–H and O–H groups in total. The predicted molar refractivity (Wildman–Crippen MR) is 130 cm³/mol. The van der Waals surface area contributed by atoms with Crippen LogP contribution in [0.4, 0.5) is 5.69 Å². The molecule has 0 radical (unpaired) electrons. The van der Waals surface area contributed by atoms with E-state index in [0.717, 1.165) is 16.7 Å². The molecule has 0 spiro atoms. The summed E-state index contributed by atoms with van der Waals surface area (Å²) >= 11 is 6.05. The molecule has 0 saturated heterocycles. The number of aliphatic hydroxyl groups is 1. The summed E-state index contributed by atoms with van der Waals surface area (Å²) in [7, 11) is 0. The van der Waals surface area contributed by atoms with Crippen LogP contribution >= 0.6 is 11.6 Å². The van der Waals surface area contributed by atoms with Crippen molar-refractivity contribution in [2.75, 3.05) is 5.43 Å². The lowest BCUT2D eigenvalue weighted by atomic mass is 9.98. The summed E-state index contributed by atoms with van der Waals surface area (Å²) in [6, 6.07) is 17.2. The number of anilines is 1. The first-order chi connectivity index (χ1) is 16.8. The van der Waals surface area contributed by atoms with Crippen molar-refractivity contribution in [1.29, 1.82) is 0 Å². The number of carbonyl (C=O) groups excluding carboxylic acids is 2. The number of hydrogen-bond donors (Lipinski definition) is 6. The molecule has 0 aliphatic heterocycles. The van der Waals surface area contributed by atoms with Crippen molar-refractivity contribution in [2.45, 2.75) is 25.0 Å². The molecule has 0 saturated carbocycles. The van der Waals surface area contributed by atoms with Gasteiger partial charge in [0.05, 0.1) is 5.69 Å². The number of carboxylic acids is 1. The molecule has 10 nitrogen and oxygen atoms in total. The van der Waals surface area contributed by atoms with Crippen molar-refractivity contribution in [3.63, 3.8) is 0 Å². The van der Waals surface area contributed by atoms with Crippen LogP contribution in [0, 0.1) is 0 Å². The number of nitrogens with zero attached hydrogens (tertiary/aromatic N) is 1. The minimum Gasteiger partial charge on any atom is -0.479 e. The van der Waals surface area contributed by atoms with Crippen LogP contribution in [0.1, 0.15) is 12.0 Å². The second kappa shape index (κ2) is 12.5. The average molecular weight is 498 g/mol. The fourth-order valence-corrected chi connectivity index (χ4v) is 3.44. The van der Waals surface area contributed by atoms with Gasteiger partial charge in [0, 0.05) is 29.9 Å². The zero-order chi connectivity index (χ0) is 25.2. The SMILES string of the molecule is O=C(NNNc1ccncc1)C(=O)NC(Cc1ccc(-c2cccc(Cl)c2)cc1)CC(O)C(=O)O. The molecular formula is C24H24ClN5O5. The van der Waals surface area contributed by atoms with Crippen molar-refractivity contribution >= 4 is 35.1 Å². The number of amides is 2. The van der Waals surface area contributed by atoms with Gasteiger partial charge in [0.2, 0.25) is 0 Å². The van der Waals surface area contributed by atoms with Gasteiger partial charge < -0.3 is 21.0 Å². The summed E-state index contributed by atoms with van der Waals surface area (Å²) in [5, 5.41) is 22.0. The number of rotatable bonds is 10. The van der Waals surface area contributed by atoms with Gasteiger partial charge in [-0.1, -0.05) is 48.0 Å². The summed E-state index contributed by atoms with van der Waals surface area (Å²) in [5.41, 5.74) is 10.5. The van der Waals surface area contributed by atoms with Gasteiger partial charge in [-0.05, 0) is 47.4 Å². The third kappa shape index (κ3) is 8.07. The lowest BCUT2D eigenvalue weighted by Crippen LogP contribution is -2.51. The summed E-state index contributed by atoms with van der Waals surface area (Å²) in [5.74, 6) is -3.42. The average Bonchev–Trinajstić information content (AvgIpc) is 2.85. The van der Waals surface area contributed by atoms with E-state index in [1.807, 2.05) is 42.5 Å². The number of hydrogen-bond acceptors (Lipinski definition) is 7. The molecule has 2 atom stereocenters. The lowest BCUT2D eigenvalue weighted by molar-refractivity contribution is -0.147. The summed E-state index contributed by atoms with van der Waals surface area (Å²) < 4.78 is 0. The molecule has 0 aliphatic carbocycles. The van der Waals surface area contributed by atoms with Gasteiger partial charge in [0.25, 0.3) is 0 Å². The molecule has 11 heteroatoms. The monoisotopic (exact) mass is 497 g/mol. The van der Waals surface area contributed by atoms with E-state index < -0.39 is 29.9 Å². The molecule has 182 valence electrons. The maximum Gasteiger partial charge on any atom is 0.332 e. The minimum atomic E-state index is -1.71. The predicted octanol–water partition coefficient (Wildman–Crippen LogP) is 1.91. The van der Waals surface area contributed by atoms with E-state index >= 15 is 0 Å². The van der Waals surface area contributed by atoms with Gasteiger partial charge in [0.1, 0.15) is 0 Å². The number of carboxylic acid groups (broad SMARTS) is 1. The number of carbonyl (C=O) groups is 3. The number of aliphatic carboxylic acids is 1. The first-order valence-electron chi connectivity index (χ1n) is 10.6. The van der Waals surface area contributed by atoms with Crippen LogP contribution in [0.15, 0.2) is 73.1 Å². The molecular weight excluding hydrogens is 474 g/mol. The molecule has 3 rings (SSSR count). The highest BCUT2D eigenvalue weighted by atomic mass is 35.5. The second-order valence-corrected chi connectivity index (χ2v) is 8.05. The Bertz CT molecular complexity index is 1160. The van der Waals surface area contributed by atoms with Crippen molar-refractivity contribution in [1.82, 2.24) is 21.3 Å². The molecule has 0 bridgehead atoms. The molecule has 2 aromatic carbocycles. The summed E-state index contributed by atoms with van der Waals surface area (Å²) in [4.78, 5) is 39.5. The molecule has 2 unspecified atom stereocenters. The van der Waals surface area contributed by atoms with Crippen molar-refractivity contribution in [3.8, 4) is 11.1 Å². The summed E-state index contributed by atoms with van der Waals surface area (Å²) in [6.07, 6.45) is 1.28. The number of benzene rings is 2. The highest BCUT2D eigenvalue weighted by molar-refractivity contribution is 6.35. The Hall–Kier alpha value is -3.99. The molecule has 0 aliphatic rings. The van der Waals surface area contributed by atoms with E-state index in [1.165, 1.54) is 0 Å². The van der Waals surface area contributed by atoms with E-state index in [-0.39, 0.29) is 12.8 Å². The number of hydrazine groups is 2. The van der Waals surface area contributed by atoms with Crippen LogP contribution in [0.2, 0.25) is 5.02 Å². The third-order valence-corrected chi connectivity index (χ3v) is 5.23. The largest absolute Gasteiger partial charge is 0.479 e. The van der Waals surface area contributed by atoms with Crippen molar-refractivity contribution < 1.29 is 24.6 Å². The maximum absolute atomic E-state index is 12.4. The van der Waals surface area contributed by atoms with Crippen LogP contribution in [-0.2, 0) is 20.8 Å². The van der Waals surface area contributed by atoms with E-state index in [1.54, 1.807) is 30.6 Å². The van der Waals surface area contributed by atoms with Crippen LogP contribution in [0.3, 0.4) is 0 Å². The Morgan fingerprint density at radius 2 is 1.66 bits per heavy atom. The third-order valence-electron chi connectivity index (χ3n) is 4.99. The van der Waals surface area contributed by atoms with E-state index in [0.29, 0.717) is 10.7 Å². The molecule has 1 aromatic heterocycles. The van der Waals surface area contributed by atoms with E-state index in [2.05, 4.69) is 26.7 Å². The highest BCUT2D eigenvalue weighted by Crippen LogP contribution is 2.23. The lowest BCUT2D eigenvalue weighted by Gasteiger charge is -2.20. The van der Waals surface area contributed by atoms with Crippen molar-refractivity contribution in [2.24, 2.45) is 0 Å². The highest BCUT2D eigenvalue weighted by Gasteiger charge is 2.24. The van der Waals surface area contributed by atoms with Crippen LogP contribution < -0.4 is 21.7 Å². The van der Waals surface area contributed by atoms with Gasteiger partial charge in [-0.15, -0.1) is 5.53 Å². The fourth-order valence-electron chi connectivity index (χ4n) is 3.25. The number of pyridine rings is 1. The molecule has 2 amide bonds. The zero-order valence-electron chi connectivity index (χ0n) is 18.4. The molecule has 3 aromatic rings. The topological polar surface area (TPSA) is 153 Å². The Morgan fingerprint density at radius 3 is 2.31 bits per heavy atom. The summed E-state index contributed by atoms with van der Waals surface area (Å²) in [6.45, 7) is 0. The zero-order valence-corrected chi connectivity index (χ0v) is 19.2. The van der Waals surface area contributed by atoms with Gasteiger partial charge in [-0.3, -0.25) is 20.0 Å². The smallest absolute Gasteiger partial charge is 0.332 e. The van der Waals surface area contributed by atoms with Crippen LogP contribution in [0.25, 0.3) is 11.1 Å². The van der Waals surface area contributed by atoms with Crippen LogP contribution in [0.5, 0.6) is 0 Å². The number of halogens is 1. The van der Waals surface area contributed by atoms with Crippen molar-refractivity contribution in [3.05, 3.63) is 83.6 Å². The molecule has 0 fully saturated rings. The number of aliphatic hydroxyl groups excluding tert-OH is 1. The standard InChI is InChI=1S/C24H24ClN5O5/c25-18-3-1-2-17(13-18)16-6-4-15(5-7-16)12-20(14-21(31)24(34)35)27-22(32)23(33)29-30-28-19-8-10-26-11-9-19/h1-11,13,20-21,30-31H,12,14H2,(H,26,28)(H,27,32)(H,29,33)(H,34,35). The first-order valence-corrected chi connectivity index (χ1v) is 11.0. The quantitative estimate of drug-likeness (QED) is 0.183. The van der Waals surface area contributed by atoms with E-state index in [4.69, 9.17) is 16.7 Å². The second-order valence-electron chi connectivity index (χ2n) is 7.61. The van der Waals surface area contributed by atoms with Gasteiger partial charge in [0.15, 0.2) is 6.10 Å². The molecule has 1 heterocycles. The Balaban J connectivity index is 1.61. The normalized spacial score (nSPS) is 12.3. The van der Waals surface area contributed by atoms with Gasteiger partial charge in [-0.25, -0.2) is 4.79 Å². The minimum absolute atomic E-state index is 0.196. The Morgan fingerprint density at radius 1 is 0.943 bits per heavy atom. The van der Waals surface area contributed by atoms with Gasteiger partial charge in [-0.2, -0.15) is 0 Å². The first kappa shape index (κ1) is 25.6. The maximum atomic E-state index is 12.4. The van der Waals surface area contributed by atoms with Gasteiger partial charge >= 0.3 is 17.8 Å².